The van der Waals surface area contributed by atoms with Gasteiger partial charge in [0.1, 0.15) is 11.5 Å². The molecular formula is C26H25N3O7S2. The normalized spacial score (nSPS) is 11.1. The maximum atomic E-state index is 13.0. The quantitative estimate of drug-likeness (QED) is 0.275. The van der Waals surface area contributed by atoms with Gasteiger partial charge in [0.25, 0.3) is 15.9 Å². The fraction of sp³-hybridized carbons (Fsp3) is 0.192. The molecule has 10 nitrogen and oxygen atoms in total. The zero-order chi connectivity index (χ0) is 27.1. The third-order valence-electron chi connectivity index (χ3n) is 5.31. The number of rotatable bonds is 11. The summed E-state index contributed by atoms with van der Waals surface area (Å²) < 4.78 is 43.6. The zero-order valence-corrected chi connectivity index (χ0v) is 22.3. The van der Waals surface area contributed by atoms with Gasteiger partial charge in [-0.3, -0.25) is 14.4 Å². The summed E-state index contributed by atoms with van der Waals surface area (Å²) in [5.41, 5.74) is 1.17. The highest BCUT2D eigenvalue weighted by Crippen LogP contribution is 2.29. The van der Waals surface area contributed by atoms with Crippen molar-refractivity contribution >= 4 is 54.3 Å². The second kappa shape index (κ2) is 11.9. The van der Waals surface area contributed by atoms with Crippen molar-refractivity contribution in [2.45, 2.75) is 11.8 Å². The van der Waals surface area contributed by atoms with E-state index in [2.05, 4.69) is 10.3 Å². The molecule has 0 radical (unpaired) electrons. The van der Waals surface area contributed by atoms with Crippen molar-refractivity contribution in [3.63, 3.8) is 0 Å². The molecule has 0 bridgehead atoms. The Kier molecular flexibility index (Phi) is 8.44. The highest BCUT2D eigenvalue weighted by molar-refractivity contribution is 7.92. The number of nitrogens with one attached hydrogen (secondary N) is 1. The second-order valence-corrected chi connectivity index (χ2v) is 10.7. The maximum absolute atomic E-state index is 13.0. The van der Waals surface area contributed by atoms with Crippen molar-refractivity contribution in [2.24, 2.45) is 0 Å². The molecule has 1 N–H and O–H groups in total. The molecule has 0 fully saturated rings. The number of thiazole rings is 1. The Balaban J connectivity index is 1.26. The smallest absolute Gasteiger partial charge is 0.344 e. The minimum absolute atomic E-state index is 0.192. The first kappa shape index (κ1) is 26.9. The molecule has 0 aliphatic rings. The first-order chi connectivity index (χ1) is 18.3. The van der Waals surface area contributed by atoms with E-state index >= 15 is 0 Å². The molecule has 198 valence electrons. The summed E-state index contributed by atoms with van der Waals surface area (Å²) in [6.45, 7) is 1.05. The Morgan fingerprint density at radius 2 is 1.68 bits per heavy atom. The van der Waals surface area contributed by atoms with Gasteiger partial charge in [0.15, 0.2) is 18.3 Å². The molecule has 1 heterocycles. The molecule has 4 aromatic rings. The second-order valence-electron chi connectivity index (χ2n) is 7.83. The first-order valence-corrected chi connectivity index (χ1v) is 13.8. The van der Waals surface area contributed by atoms with Crippen LogP contribution in [0.25, 0.3) is 10.2 Å². The highest BCUT2D eigenvalue weighted by atomic mass is 32.2. The Hall–Kier alpha value is -4.16. The van der Waals surface area contributed by atoms with Gasteiger partial charge in [-0.2, -0.15) is 0 Å². The molecule has 0 saturated carbocycles. The molecule has 0 saturated heterocycles. The number of methoxy groups -OCH3 is 1. The molecule has 0 aliphatic heterocycles. The minimum Gasteiger partial charge on any atom is -0.497 e. The zero-order valence-electron chi connectivity index (χ0n) is 20.6. The number of benzene rings is 3. The Morgan fingerprint density at radius 1 is 0.974 bits per heavy atom. The average molecular weight is 556 g/mol. The number of sulfonamides is 1. The van der Waals surface area contributed by atoms with Gasteiger partial charge in [0.2, 0.25) is 0 Å². The van der Waals surface area contributed by atoms with E-state index in [0.717, 1.165) is 4.70 Å². The van der Waals surface area contributed by atoms with Gasteiger partial charge in [0.05, 0.1) is 27.9 Å². The fourth-order valence-electron chi connectivity index (χ4n) is 3.49. The molecule has 4 rings (SSSR count). The summed E-state index contributed by atoms with van der Waals surface area (Å²) >= 11 is 1.27. The standard InChI is InChI=1S/C26H25N3O7S2/c1-3-29(38(32,33)21-7-5-4-6-8-21)18-9-11-19(12-10-18)35-17-25(31)36-16-24(30)28-26-27-22-14-13-20(34-2)15-23(22)37-26/h4-15H,3,16-17H2,1-2H3,(H,27,28,30). The number of hydrogen-bond donors (Lipinski definition) is 1. The van der Waals surface area contributed by atoms with Gasteiger partial charge in [0, 0.05) is 6.54 Å². The third kappa shape index (κ3) is 6.39. The van der Waals surface area contributed by atoms with Gasteiger partial charge >= 0.3 is 5.97 Å². The molecule has 38 heavy (non-hydrogen) atoms. The molecule has 0 aliphatic carbocycles. The number of carbonyl (C=O) groups is 2. The van der Waals surface area contributed by atoms with Crippen LogP contribution in [-0.2, 0) is 24.3 Å². The molecule has 1 aromatic heterocycles. The van der Waals surface area contributed by atoms with E-state index in [1.165, 1.54) is 27.8 Å². The average Bonchev–Trinajstić information content (AvgIpc) is 3.33. The number of anilines is 2. The largest absolute Gasteiger partial charge is 0.497 e. The minimum atomic E-state index is -3.72. The van der Waals surface area contributed by atoms with Crippen molar-refractivity contribution < 1.29 is 32.2 Å². The summed E-state index contributed by atoms with van der Waals surface area (Å²) in [6.07, 6.45) is 0. The lowest BCUT2D eigenvalue weighted by Crippen LogP contribution is -2.30. The fourth-order valence-corrected chi connectivity index (χ4v) is 5.90. The summed E-state index contributed by atoms with van der Waals surface area (Å²) in [5, 5.41) is 2.98. The third-order valence-corrected chi connectivity index (χ3v) is 8.16. The molecule has 0 atom stereocenters. The first-order valence-electron chi connectivity index (χ1n) is 11.5. The summed E-state index contributed by atoms with van der Waals surface area (Å²) in [7, 11) is -2.15. The molecule has 12 heteroatoms. The molecule has 0 unspecified atom stereocenters. The number of esters is 1. The molecule has 1 amide bonds. The van der Waals surface area contributed by atoms with Crippen molar-refractivity contribution in [1.82, 2.24) is 4.98 Å². The summed E-state index contributed by atoms with van der Waals surface area (Å²) in [4.78, 5) is 28.7. The van der Waals surface area contributed by atoms with Crippen LogP contribution in [0, 0.1) is 0 Å². The van der Waals surface area contributed by atoms with Gasteiger partial charge in [-0.1, -0.05) is 29.5 Å². The van der Waals surface area contributed by atoms with Crippen LogP contribution in [0.3, 0.4) is 0 Å². The lowest BCUT2D eigenvalue weighted by atomic mass is 10.3. The van der Waals surface area contributed by atoms with Crippen LogP contribution >= 0.6 is 11.3 Å². The van der Waals surface area contributed by atoms with E-state index < -0.39 is 35.1 Å². The van der Waals surface area contributed by atoms with Crippen molar-refractivity contribution in [3.05, 3.63) is 72.8 Å². The van der Waals surface area contributed by atoms with Crippen LogP contribution in [0.15, 0.2) is 77.7 Å². The van der Waals surface area contributed by atoms with Gasteiger partial charge in [-0.05, 0) is 61.5 Å². The molecular weight excluding hydrogens is 530 g/mol. The van der Waals surface area contributed by atoms with Crippen molar-refractivity contribution in [2.75, 3.05) is 36.5 Å². The van der Waals surface area contributed by atoms with E-state index in [1.807, 2.05) is 6.07 Å². The Labute approximate surface area is 223 Å². The summed E-state index contributed by atoms with van der Waals surface area (Å²) in [5.74, 6) is -0.246. The topological polar surface area (TPSA) is 124 Å². The van der Waals surface area contributed by atoms with Gasteiger partial charge in [-0.25, -0.2) is 18.2 Å². The predicted molar refractivity (Wildman–Crippen MR) is 144 cm³/mol. The number of fused-ring (bicyclic) bond motifs is 1. The Morgan fingerprint density at radius 3 is 2.37 bits per heavy atom. The van der Waals surface area contributed by atoms with Crippen LogP contribution in [-0.4, -0.2) is 52.1 Å². The van der Waals surface area contributed by atoms with E-state index in [9.17, 15) is 18.0 Å². The van der Waals surface area contributed by atoms with Gasteiger partial charge < -0.3 is 14.2 Å². The summed E-state index contributed by atoms with van der Waals surface area (Å²) in [6, 6.07) is 19.8. The number of hydrogen-bond acceptors (Lipinski definition) is 9. The number of ether oxygens (including phenoxy) is 3. The number of aromatic nitrogens is 1. The van der Waals surface area contributed by atoms with Crippen molar-refractivity contribution in [1.29, 1.82) is 0 Å². The van der Waals surface area contributed by atoms with E-state index in [-0.39, 0.29) is 11.4 Å². The van der Waals surface area contributed by atoms with Crippen LogP contribution in [0.4, 0.5) is 10.8 Å². The van der Waals surface area contributed by atoms with Crippen LogP contribution in [0.2, 0.25) is 0 Å². The number of amides is 1. The van der Waals surface area contributed by atoms with E-state index in [0.29, 0.717) is 27.8 Å². The Bertz CT molecular complexity index is 1520. The monoisotopic (exact) mass is 555 g/mol. The van der Waals surface area contributed by atoms with Crippen LogP contribution in [0.5, 0.6) is 11.5 Å². The molecule has 3 aromatic carbocycles. The van der Waals surface area contributed by atoms with E-state index in [1.54, 1.807) is 68.6 Å². The highest BCUT2D eigenvalue weighted by Gasteiger charge is 2.23. The molecule has 0 spiro atoms. The lowest BCUT2D eigenvalue weighted by molar-refractivity contribution is -0.149. The predicted octanol–water partition coefficient (Wildman–Crippen LogP) is 4.08. The van der Waals surface area contributed by atoms with Crippen molar-refractivity contribution in [3.8, 4) is 11.5 Å². The SMILES string of the molecule is CCN(c1ccc(OCC(=O)OCC(=O)Nc2nc3ccc(OC)cc3s2)cc1)S(=O)(=O)c1ccccc1. The van der Waals surface area contributed by atoms with E-state index in [4.69, 9.17) is 14.2 Å². The lowest BCUT2D eigenvalue weighted by Gasteiger charge is -2.23. The van der Waals surface area contributed by atoms with Gasteiger partial charge in [-0.15, -0.1) is 0 Å². The maximum Gasteiger partial charge on any atom is 0.344 e. The number of nitrogens with zero attached hydrogens (tertiary/aromatic N) is 2. The number of carbonyl (C=O) groups excluding carboxylic acids is 2. The van der Waals surface area contributed by atoms with Crippen LogP contribution < -0.4 is 19.1 Å². The van der Waals surface area contributed by atoms with Crippen LogP contribution in [0.1, 0.15) is 6.92 Å².